The van der Waals surface area contributed by atoms with Crippen molar-refractivity contribution in [1.82, 2.24) is 0 Å². The molecule has 0 aliphatic heterocycles. The van der Waals surface area contributed by atoms with Crippen LogP contribution in [0.2, 0.25) is 0 Å². The van der Waals surface area contributed by atoms with E-state index in [0.29, 0.717) is 0 Å². The molecule has 0 aromatic rings. The molecule has 2 heteroatoms. The Labute approximate surface area is 106 Å². The molecule has 0 saturated carbocycles. The van der Waals surface area contributed by atoms with E-state index in [2.05, 4.69) is 31.2 Å². The smallest absolute Gasteiger partial charge is 0.302 e. The largest absolute Gasteiger partial charge is 0.463 e. The molecule has 0 heterocycles. The van der Waals surface area contributed by atoms with Crippen molar-refractivity contribution >= 4 is 5.97 Å². The first-order valence-corrected chi connectivity index (χ1v) is 6.64. The van der Waals surface area contributed by atoms with Gasteiger partial charge in [0, 0.05) is 6.92 Å². The van der Waals surface area contributed by atoms with Crippen LogP contribution in [-0.4, -0.2) is 12.1 Å². The second kappa shape index (κ2) is 11.4. The first-order valence-electron chi connectivity index (χ1n) is 6.64. The molecule has 1 atom stereocenters. The van der Waals surface area contributed by atoms with Crippen molar-refractivity contribution in [1.29, 1.82) is 0 Å². The second-order valence-corrected chi connectivity index (χ2v) is 4.22. The van der Waals surface area contributed by atoms with Gasteiger partial charge in [-0.3, -0.25) is 4.79 Å². The number of esters is 1. The Morgan fingerprint density at radius 1 is 1.12 bits per heavy atom. The molecular formula is C15H26O2. The predicted octanol–water partition coefficient (Wildman–Crippen LogP) is 4.41. The Bertz CT molecular complexity index is 241. The van der Waals surface area contributed by atoms with Crippen LogP contribution in [0.25, 0.3) is 0 Å². The van der Waals surface area contributed by atoms with Crippen LogP contribution >= 0.6 is 0 Å². The highest BCUT2D eigenvalue weighted by atomic mass is 16.5. The minimum atomic E-state index is -0.166. The minimum absolute atomic E-state index is 0.0951. The lowest BCUT2D eigenvalue weighted by atomic mass is 10.1. The van der Waals surface area contributed by atoms with Crippen LogP contribution in [0.15, 0.2) is 24.3 Å². The lowest BCUT2D eigenvalue weighted by Crippen LogP contribution is -2.15. The van der Waals surface area contributed by atoms with Gasteiger partial charge in [-0.2, -0.15) is 0 Å². The SMILES string of the molecule is CC=CCCC=CCCC(CCC)OC(C)=O. The molecule has 0 aliphatic carbocycles. The topological polar surface area (TPSA) is 26.3 Å². The molecule has 0 saturated heterocycles. The van der Waals surface area contributed by atoms with Gasteiger partial charge in [0.25, 0.3) is 0 Å². The Morgan fingerprint density at radius 2 is 1.76 bits per heavy atom. The van der Waals surface area contributed by atoms with Gasteiger partial charge >= 0.3 is 5.97 Å². The molecule has 0 aromatic heterocycles. The van der Waals surface area contributed by atoms with Gasteiger partial charge in [0.2, 0.25) is 0 Å². The lowest BCUT2D eigenvalue weighted by Gasteiger charge is -2.14. The highest BCUT2D eigenvalue weighted by molar-refractivity contribution is 5.66. The Morgan fingerprint density at radius 3 is 2.35 bits per heavy atom. The van der Waals surface area contributed by atoms with Crippen molar-refractivity contribution in [3.05, 3.63) is 24.3 Å². The Kier molecular flexibility index (Phi) is 10.7. The molecule has 0 radical (unpaired) electrons. The molecule has 0 fully saturated rings. The fourth-order valence-corrected chi connectivity index (χ4v) is 1.70. The van der Waals surface area contributed by atoms with E-state index >= 15 is 0 Å². The number of hydrogen-bond acceptors (Lipinski definition) is 2. The predicted molar refractivity (Wildman–Crippen MR) is 72.9 cm³/mol. The van der Waals surface area contributed by atoms with E-state index in [4.69, 9.17) is 4.74 Å². The number of carbonyl (C=O) groups excluding carboxylic acids is 1. The van der Waals surface area contributed by atoms with Crippen molar-refractivity contribution < 1.29 is 9.53 Å². The molecule has 0 N–H and O–H groups in total. The van der Waals surface area contributed by atoms with Crippen LogP contribution in [-0.2, 0) is 9.53 Å². The zero-order valence-electron chi connectivity index (χ0n) is 11.4. The summed E-state index contributed by atoms with van der Waals surface area (Å²) >= 11 is 0. The van der Waals surface area contributed by atoms with E-state index in [9.17, 15) is 4.79 Å². The van der Waals surface area contributed by atoms with E-state index < -0.39 is 0 Å². The van der Waals surface area contributed by atoms with Crippen molar-refractivity contribution in [2.24, 2.45) is 0 Å². The number of ether oxygens (including phenoxy) is 1. The molecule has 0 bridgehead atoms. The summed E-state index contributed by atoms with van der Waals surface area (Å²) in [5, 5.41) is 0. The van der Waals surface area contributed by atoms with E-state index in [0.717, 1.165) is 38.5 Å². The standard InChI is InChI=1S/C15H26O2/c1-4-6-7-8-9-10-11-13-15(12-5-2)17-14(3)16/h4,6,9-10,15H,5,7-8,11-13H2,1-3H3. The fourth-order valence-electron chi connectivity index (χ4n) is 1.70. The lowest BCUT2D eigenvalue weighted by molar-refractivity contribution is -0.146. The third kappa shape index (κ3) is 11.2. The Hall–Kier alpha value is -1.05. The molecule has 0 aliphatic rings. The molecule has 17 heavy (non-hydrogen) atoms. The summed E-state index contributed by atoms with van der Waals surface area (Å²) in [7, 11) is 0. The summed E-state index contributed by atoms with van der Waals surface area (Å²) in [6.45, 7) is 5.64. The van der Waals surface area contributed by atoms with Crippen molar-refractivity contribution in [2.45, 2.75) is 65.4 Å². The molecule has 0 spiro atoms. The van der Waals surface area contributed by atoms with E-state index in [1.165, 1.54) is 6.92 Å². The maximum Gasteiger partial charge on any atom is 0.302 e. The number of allylic oxidation sites excluding steroid dienone is 4. The summed E-state index contributed by atoms with van der Waals surface area (Å²) in [5.41, 5.74) is 0. The van der Waals surface area contributed by atoms with Gasteiger partial charge in [-0.15, -0.1) is 0 Å². The number of unbranched alkanes of at least 4 members (excludes halogenated alkanes) is 1. The molecule has 0 rings (SSSR count). The third-order valence-electron chi connectivity index (χ3n) is 2.50. The third-order valence-corrected chi connectivity index (χ3v) is 2.50. The van der Waals surface area contributed by atoms with Gasteiger partial charge in [-0.1, -0.05) is 37.6 Å². The minimum Gasteiger partial charge on any atom is -0.463 e. The van der Waals surface area contributed by atoms with Gasteiger partial charge in [0.05, 0.1) is 0 Å². The number of hydrogen-bond donors (Lipinski definition) is 0. The zero-order chi connectivity index (χ0) is 12.9. The van der Waals surface area contributed by atoms with Crippen LogP contribution in [0, 0.1) is 0 Å². The van der Waals surface area contributed by atoms with Crippen LogP contribution < -0.4 is 0 Å². The first-order chi connectivity index (χ1) is 8.20. The summed E-state index contributed by atoms with van der Waals surface area (Å²) in [4.78, 5) is 10.9. The Balaban J connectivity index is 3.69. The van der Waals surface area contributed by atoms with Gasteiger partial charge in [0.1, 0.15) is 6.10 Å². The average molecular weight is 238 g/mol. The van der Waals surface area contributed by atoms with Gasteiger partial charge < -0.3 is 4.74 Å². The van der Waals surface area contributed by atoms with Crippen molar-refractivity contribution in [3.8, 4) is 0 Å². The van der Waals surface area contributed by atoms with Crippen LogP contribution in [0.5, 0.6) is 0 Å². The fraction of sp³-hybridized carbons (Fsp3) is 0.667. The molecule has 2 nitrogen and oxygen atoms in total. The maximum absolute atomic E-state index is 10.9. The van der Waals surface area contributed by atoms with E-state index in [-0.39, 0.29) is 12.1 Å². The normalized spacial score (nSPS) is 13.4. The summed E-state index contributed by atoms with van der Waals surface area (Å²) < 4.78 is 5.25. The molecule has 0 amide bonds. The van der Waals surface area contributed by atoms with Crippen LogP contribution in [0.3, 0.4) is 0 Å². The van der Waals surface area contributed by atoms with Crippen LogP contribution in [0.1, 0.15) is 59.3 Å². The second-order valence-electron chi connectivity index (χ2n) is 4.22. The van der Waals surface area contributed by atoms with Gasteiger partial charge in [-0.05, 0) is 39.0 Å². The van der Waals surface area contributed by atoms with Gasteiger partial charge in [-0.25, -0.2) is 0 Å². The molecule has 0 aromatic carbocycles. The van der Waals surface area contributed by atoms with E-state index in [1.807, 2.05) is 6.92 Å². The summed E-state index contributed by atoms with van der Waals surface area (Å²) in [6, 6.07) is 0. The highest BCUT2D eigenvalue weighted by Crippen LogP contribution is 2.10. The van der Waals surface area contributed by atoms with E-state index in [1.54, 1.807) is 0 Å². The van der Waals surface area contributed by atoms with Crippen LogP contribution in [0.4, 0.5) is 0 Å². The van der Waals surface area contributed by atoms with Gasteiger partial charge in [0.15, 0.2) is 0 Å². The molecule has 98 valence electrons. The van der Waals surface area contributed by atoms with Crippen molar-refractivity contribution in [3.63, 3.8) is 0 Å². The molecule has 1 unspecified atom stereocenters. The summed E-state index contributed by atoms with van der Waals surface area (Å²) in [6.07, 6.45) is 14.9. The average Bonchev–Trinajstić information content (AvgIpc) is 2.27. The monoisotopic (exact) mass is 238 g/mol. The van der Waals surface area contributed by atoms with Crippen molar-refractivity contribution in [2.75, 3.05) is 0 Å². The highest BCUT2D eigenvalue weighted by Gasteiger charge is 2.09. The summed E-state index contributed by atoms with van der Waals surface area (Å²) in [5.74, 6) is -0.166. The number of carbonyl (C=O) groups is 1. The maximum atomic E-state index is 10.9. The number of rotatable bonds is 9. The quantitative estimate of drug-likeness (QED) is 0.338. The molecular weight excluding hydrogens is 212 g/mol. The zero-order valence-corrected chi connectivity index (χ0v) is 11.4. The first kappa shape index (κ1) is 16.0.